The van der Waals surface area contributed by atoms with Gasteiger partial charge in [0.15, 0.2) is 0 Å². The van der Waals surface area contributed by atoms with Crippen LogP contribution in [0.4, 0.5) is 0 Å². The quantitative estimate of drug-likeness (QED) is 0.168. The highest BCUT2D eigenvalue weighted by molar-refractivity contribution is 6.13. The zero-order chi connectivity index (χ0) is 45.0. The lowest BCUT2D eigenvalue weighted by Gasteiger charge is -2.30. The number of rotatable bonds is 4. The molecule has 4 aromatic heterocycles. The Kier molecular flexibility index (Phi) is 7.24. The molecule has 0 amide bonds. The zero-order valence-electron chi connectivity index (χ0n) is 37.4. The zero-order valence-corrected chi connectivity index (χ0v) is 37.4. The summed E-state index contributed by atoms with van der Waals surface area (Å²) in [6, 6.07) is 85.7. The smallest absolute Gasteiger partial charge is 0.0726 e. The fourth-order valence-corrected chi connectivity index (χ4v) is 12.8. The van der Waals surface area contributed by atoms with Crippen molar-refractivity contribution in [3.8, 4) is 45.0 Å². The van der Waals surface area contributed by atoms with Crippen molar-refractivity contribution in [1.29, 1.82) is 0 Å². The van der Waals surface area contributed by atoms with Crippen molar-refractivity contribution < 1.29 is 0 Å². The minimum atomic E-state index is -0.407. The highest BCUT2D eigenvalue weighted by atomic mass is 15.0. The molecule has 4 heterocycles. The standard InChI is InChI=1S/C65H40N4/c1-7-19-55-46(13-1)47-14-2-8-20-56(47)65(55)57-21-9-3-15-48(57)53-39-54-51-18-6-12-24-62(51)69(63(54)40-58(53)65)45-30-26-42(27-31-45)66-38-36-52-59(66)34-25-41-35-37-67(64(41)52)43-28-32-44(33-29-43)68-60-22-10-4-16-49(60)50-17-5-11-23-61(50)68/h1-40H. The number of nitrogens with zero attached hydrogens (tertiary/aromatic N) is 4. The Morgan fingerprint density at radius 1 is 0.261 bits per heavy atom. The van der Waals surface area contributed by atoms with Gasteiger partial charge in [0.05, 0.1) is 38.5 Å². The maximum absolute atomic E-state index is 2.52. The van der Waals surface area contributed by atoms with Gasteiger partial charge >= 0.3 is 0 Å². The maximum Gasteiger partial charge on any atom is 0.0726 e. The molecule has 2 aliphatic carbocycles. The molecule has 0 fully saturated rings. The summed E-state index contributed by atoms with van der Waals surface area (Å²) in [5, 5.41) is 7.50. The molecule has 69 heavy (non-hydrogen) atoms. The molecule has 1 spiro atoms. The summed E-state index contributed by atoms with van der Waals surface area (Å²) in [7, 11) is 0. The molecule has 4 nitrogen and oxygen atoms in total. The van der Waals surface area contributed by atoms with Crippen LogP contribution < -0.4 is 0 Å². The SMILES string of the molecule is c1ccc2c(c1)-c1ccccc1C21c2ccccc2-c2cc3c4ccccc4n(-c4ccc(-n5ccc6c5ccc5ccn(-c7ccc(-n8c9ccccc9c9ccccc98)cc7)c56)cc4)c3cc21. The van der Waals surface area contributed by atoms with Gasteiger partial charge in [-0.15, -0.1) is 0 Å². The predicted octanol–water partition coefficient (Wildman–Crippen LogP) is 16.1. The molecule has 0 bridgehead atoms. The summed E-state index contributed by atoms with van der Waals surface area (Å²) in [5.41, 5.74) is 22.1. The van der Waals surface area contributed by atoms with Gasteiger partial charge in [0.2, 0.25) is 0 Å². The number of hydrogen-bond donors (Lipinski definition) is 0. The van der Waals surface area contributed by atoms with Crippen LogP contribution in [0.5, 0.6) is 0 Å². The Hall–Kier alpha value is -9.12. The predicted molar refractivity (Wildman–Crippen MR) is 285 cm³/mol. The molecule has 4 heteroatoms. The summed E-state index contributed by atoms with van der Waals surface area (Å²) >= 11 is 0. The Morgan fingerprint density at radius 3 is 1.29 bits per heavy atom. The normalized spacial score (nSPS) is 13.3. The number of para-hydroxylation sites is 3. The fraction of sp³-hybridized carbons (Fsp3) is 0.0154. The van der Waals surface area contributed by atoms with E-state index in [2.05, 4.69) is 261 Å². The average molecular weight is 877 g/mol. The molecule has 0 N–H and O–H groups in total. The van der Waals surface area contributed by atoms with E-state index in [1.807, 2.05) is 0 Å². The van der Waals surface area contributed by atoms with E-state index in [1.54, 1.807) is 0 Å². The molecule has 2 aliphatic rings. The topological polar surface area (TPSA) is 19.7 Å². The molecule has 0 saturated heterocycles. The van der Waals surface area contributed by atoms with Gasteiger partial charge in [-0.2, -0.15) is 0 Å². The van der Waals surface area contributed by atoms with Crippen molar-refractivity contribution in [3.05, 3.63) is 265 Å². The van der Waals surface area contributed by atoms with E-state index in [4.69, 9.17) is 0 Å². The monoisotopic (exact) mass is 876 g/mol. The first kappa shape index (κ1) is 37.0. The number of aromatic nitrogens is 4. The average Bonchev–Trinajstić information content (AvgIpc) is 4.27. The summed E-state index contributed by atoms with van der Waals surface area (Å²) < 4.78 is 9.53. The van der Waals surface area contributed by atoms with Gasteiger partial charge in [-0.1, -0.05) is 133 Å². The van der Waals surface area contributed by atoms with Crippen molar-refractivity contribution in [2.75, 3.05) is 0 Å². The van der Waals surface area contributed by atoms with Gasteiger partial charge in [-0.25, -0.2) is 0 Å². The van der Waals surface area contributed by atoms with Gasteiger partial charge in [-0.3, -0.25) is 0 Å². The first-order valence-corrected chi connectivity index (χ1v) is 23.9. The van der Waals surface area contributed by atoms with E-state index in [9.17, 15) is 0 Å². The lowest BCUT2D eigenvalue weighted by atomic mass is 9.70. The molecular formula is C65H40N4. The first-order chi connectivity index (χ1) is 34.2. The largest absolute Gasteiger partial charge is 0.316 e. The van der Waals surface area contributed by atoms with E-state index < -0.39 is 5.41 Å². The Morgan fingerprint density at radius 2 is 0.710 bits per heavy atom. The van der Waals surface area contributed by atoms with E-state index in [1.165, 1.54) is 110 Å². The van der Waals surface area contributed by atoms with Crippen LogP contribution in [-0.4, -0.2) is 18.3 Å². The highest BCUT2D eigenvalue weighted by Crippen LogP contribution is 2.63. The van der Waals surface area contributed by atoms with Gasteiger partial charge < -0.3 is 18.3 Å². The summed E-state index contributed by atoms with van der Waals surface area (Å²) in [4.78, 5) is 0. The Balaban J connectivity index is 0.812. The molecule has 0 radical (unpaired) electrons. The highest BCUT2D eigenvalue weighted by Gasteiger charge is 2.51. The van der Waals surface area contributed by atoms with Crippen LogP contribution in [0.1, 0.15) is 22.3 Å². The number of hydrogen-bond acceptors (Lipinski definition) is 0. The second kappa shape index (κ2) is 13.5. The maximum atomic E-state index is 2.52. The molecule has 0 unspecified atom stereocenters. The van der Waals surface area contributed by atoms with Crippen molar-refractivity contribution in [2.45, 2.75) is 5.41 Å². The van der Waals surface area contributed by atoms with Crippen LogP contribution in [0.15, 0.2) is 243 Å². The van der Waals surface area contributed by atoms with Crippen LogP contribution in [0.3, 0.4) is 0 Å². The molecule has 16 rings (SSSR count). The molecule has 0 aliphatic heterocycles. The second-order valence-electron chi connectivity index (χ2n) is 18.9. The van der Waals surface area contributed by atoms with Crippen molar-refractivity contribution >= 4 is 65.4 Å². The minimum Gasteiger partial charge on any atom is -0.316 e. The van der Waals surface area contributed by atoms with Crippen molar-refractivity contribution in [3.63, 3.8) is 0 Å². The number of fused-ring (bicyclic) bond motifs is 19. The van der Waals surface area contributed by atoms with E-state index >= 15 is 0 Å². The third-order valence-electron chi connectivity index (χ3n) is 15.7. The van der Waals surface area contributed by atoms with Crippen LogP contribution in [0.25, 0.3) is 110 Å². The molecule has 0 saturated carbocycles. The molecular weight excluding hydrogens is 837 g/mol. The summed E-state index contributed by atoms with van der Waals surface area (Å²) in [5.74, 6) is 0. The molecule has 320 valence electrons. The van der Waals surface area contributed by atoms with Crippen LogP contribution >= 0.6 is 0 Å². The van der Waals surface area contributed by atoms with Gasteiger partial charge in [-0.05, 0) is 142 Å². The van der Waals surface area contributed by atoms with Crippen molar-refractivity contribution in [2.24, 2.45) is 0 Å². The van der Waals surface area contributed by atoms with Crippen LogP contribution in [-0.2, 0) is 5.41 Å². The Bertz CT molecular complexity index is 4380. The van der Waals surface area contributed by atoms with Crippen molar-refractivity contribution in [1.82, 2.24) is 18.3 Å². The molecule has 14 aromatic rings. The molecule has 10 aromatic carbocycles. The molecule has 0 atom stereocenters. The summed E-state index contributed by atoms with van der Waals surface area (Å²) in [6.45, 7) is 0. The fourth-order valence-electron chi connectivity index (χ4n) is 12.8. The third kappa shape index (κ3) is 4.77. The third-order valence-corrected chi connectivity index (χ3v) is 15.7. The lowest BCUT2D eigenvalue weighted by Crippen LogP contribution is -2.25. The lowest BCUT2D eigenvalue weighted by molar-refractivity contribution is 0.794. The van der Waals surface area contributed by atoms with E-state index in [-0.39, 0.29) is 0 Å². The first-order valence-electron chi connectivity index (χ1n) is 23.9. The van der Waals surface area contributed by atoms with E-state index in [0.717, 1.165) is 22.7 Å². The van der Waals surface area contributed by atoms with Gasteiger partial charge in [0.25, 0.3) is 0 Å². The summed E-state index contributed by atoms with van der Waals surface area (Å²) in [6.07, 6.45) is 4.43. The number of benzene rings is 10. The minimum absolute atomic E-state index is 0.407. The van der Waals surface area contributed by atoms with Crippen LogP contribution in [0, 0.1) is 0 Å². The van der Waals surface area contributed by atoms with Crippen LogP contribution in [0.2, 0.25) is 0 Å². The Labute approximate surface area is 397 Å². The van der Waals surface area contributed by atoms with Gasteiger partial charge in [0, 0.05) is 67.5 Å². The second-order valence-corrected chi connectivity index (χ2v) is 18.9. The van der Waals surface area contributed by atoms with E-state index in [0.29, 0.717) is 0 Å². The van der Waals surface area contributed by atoms with Gasteiger partial charge in [0.1, 0.15) is 0 Å².